The van der Waals surface area contributed by atoms with Crippen molar-refractivity contribution in [1.82, 2.24) is 15.1 Å². The number of hydrogen-bond acceptors (Lipinski definition) is 4. The molecule has 1 heterocycles. The molecule has 0 aromatic carbocycles. The molecule has 1 amide bonds. The molecule has 0 saturated heterocycles. The van der Waals surface area contributed by atoms with E-state index in [1.807, 2.05) is 0 Å². The van der Waals surface area contributed by atoms with Crippen molar-refractivity contribution >= 4 is 5.91 Å². The van der Waals surface area contributed by atoms with E-state index in [4.69, 9.17) is 9.84 Å². The van der Waals surface area contributed by atoms with Gasteiger partial charge in [0, 0.05) is 26.4 Å². The molecule has 0 bridgehead atoms. The second kappa shape index (κ2) is 6.97. The zero-order chi connectivity index (χ0) is 11.8. The highest BCUT2D eigenvalue weighted by Gasteiger charge is 2.06. The summed E-state index contributed by atoms with van der Waals surface area (Å²) in [7, 11) is 1.76. The summed E-state index contributed by atoms with van der Waals surface area (Å²) in [5, 5.41) is 15.2. The van der Waals surface area contributed by atoms with Gasteiger partial charge in [-0.05, 0) is 12.5 Å². The zero-order valence-corrected chi connectivity index (χ0v) is 9.35. The third kappa shape index (κ3) is 4.41. The molecule has 0 spiro atoms. The summed E-state index contributed by atoms with van der Waals surface area (Å²) in [5.74, 6) is -0.178. The fraction of sp³-hybridized carbons (Fsp3) is 0.600. The van der Waals surface area contributed by atoms with E-state index in [1.54, 1.807) is 24.0 Å². The second-order valence-corrected chi connectivity index (χ2v) is 3.32. The van der Waals surface area contributed by atoms with Crippen LogP contribution in [0.25, 0.3) is 0 Å². The molecule has 0 aliphatic rings. The number of carbonyl (C=O) groups excluding carboxylic acids is 1. The Morgan fingerprint density at radius 3 is 3.06 bits per heavy atom. The molecular formula is C10H17N3O3. The lowest BCUT2D eigenvalue weighted by atomic mass is 10.4. The number of rotatable bonds is 7. The van der Waals surface area contributed by atoms with E-state index >= 15 is 0 Å². The summed E-state index contributed by atoms with van der Waals surface area (Å²) in [6.45, 7) is 1.44. The van der Waals surface area contributed by atoms with Gasteiger partial charge >= 0.3 is 0 Å². The molecule has 0 unspecified atom stereocenters. The molecule has 6 nitrogen and oxygen atoms in total. The summed E-state index contributed by atoms with van der Waals surface area (Å²) >= 11 is 0. The second-order valence-electron chi connectivity index (χ2n) is 3.32. The topological polar surface area (TPSA) is 76.4 Å². The molecule has 0 atom stereocenters. The molecule has 1 aromatic rings. The first-order valence-corrected chi connectivity index (χ1v) is 5.20. The van der Waals surface area contributed by atoms with Crippen molar-refractivity contribution in [2.45, 2.75) is 6.42 Å². The van der Waals surface area contributed by atoms with Crippen molar-refractivity contribution in [1.29, 1.82) is 0 Å². The molecule has 0 saturated carbocycles. The summed E-state index contributed by atoms with van der Waals surface area (Å²) in [4.78, 5) is 11.5. The number of ether oxygens (including phenoxy) is 1. The summed E-state index contributed by atoms with van der Waals surface area (Å²) in [5.41, 5.74) is 0.416. The van der Waals surface area contributed by atoms with Gasteiger partial charge in [0.05, 0.1) is 13.2 Å². The standard InChI is InChI=1S/C10H17N3O3/c1-13-5-3-9(12-13)10(15)11-4-2-7-16-8-6-14/h3,5,14H,2,4,6-8H2,1H3,(H,11,15). The zero-order valence-electron chi connectivity index (χ0n) is 9.35. The summed E-state index contributed by atoms with van der Waals surface area (Å²) < 4.78 is 6.64. The highest BCUT2D eigenvalue weighted by Crippen LogP contribution is 1.93. The predicted octanol–water partition coefficient (Wildman–Crippen LogP) is -0.451. The van der Waals surface area contributed by atoms with E-state index in [0.717, 1.165) is 6.42 Å². The number of aromatic nitrogens is 2. The van der Waals surface area contributed by atoms with Crippen LogP contribution in [0.1, 0.15) is 16.9 Å². The molecule has 16 heavy (non-hydrogen) atoms. The maximum Gasteiger partial charge on any atom is 0.271 e. The van der Waals surface area contributed by atoms with Crippen LogP contribution in [0.4, 0.5) is 0 Å². The van der Waals surface area contributed by atoms with Gasteiger partial charge in [0.2, 0.25) is 0 Å². The van der Waals surface area contributed by atoms with E-state index in [-0.39, 0.29) is 12.5 Å². The van der Waals surface area contributed by atoms with Crippen LogP contribution in [0.5, 0.6) is 0 Å². The minimum Gasteiger partial charge on any atom is -0.394 e. The molecule has 0 radical (unpaired) electrons. The van der Waals surface area contributed by atoms with Crippen LogP contribution in [-0.4, -0.2) is 47.2 Å². The first kappa shape index (κ1) is 12.7. The minimum atomic E-state index is -0.178. The highest BCUT2D eigenvalue weighted by atomic mass is 16.5. The fourth-order valence-electron chi connectivity index (χ4n) is 1.17. The van der Waals surface area contributed by atoms with Gasteiger partial charge in [-0.3, -0.25) is 9.48 Å². The van der Waals surface area contributed by atoms with E-state index < -0.39 is 0 Å². The summed E-state index contributed by atoms with van der Waals surface area (Å²) in [6.07, 6.45) is 2.44. The quantitative estimate of drug-likeness (QED) is 0.618. The van der Waals surface area contributed by atoms with Crippen LogP contribution in [0.15, 0.2) is 12.3 Å². The van der Waals surface area contributed by atoms with Crippen molar-refractivity contribution in [2.75, 3.05) is 26.4 Å². The SMILES string of the molecule is Cn1ccc(C(=O)NCCCOCCO)n1. The third-order valence-corrected chi connectivity index (χ3v) is 1.93. The van der Waals surface area contributed by atoms with E-state index in [1.165, 1.54) is 0 Å². The molecule has 0 aliphatic heterocycles. The summed E-state index contributed by atoms with van der Waals surface area (Å²) in [6, 6.07) is 1.66. The Bertz CT molecular complexity index is 325. The van der Waals surface area contributed by atoms with Crippen LogP contribution in [0.2, 0.25) is 0 Å². The predicted molar refractivity (Wildman–Crippen MR) is 58.1 cm³/mol. The normalized spacial score (nSPS) is 10.4. The lowest BCUT2D eigenvalue weighted by molar-refractivity contribution is 0.0865. The Morgan fingerprint density at radius 1 is 1.62 bits per heavy atom. The largest absolute Gasteiger partial charge is 0.394 e. The highest BCUT2D eigenvalue weighted by molar-refractivity contribution is 5.92. The van der Waals surface area contributed by atoms with Gasteiger partial charge in [-0.15, -0.1) is 0 Å². The van der Waals surface area contributed by atoms with Crippen molar-refractivity contribution in [2.24, 2.45) is 7.05 Å². The number of carbonyl (C=O) groups is 1. The Morgan fingerprint density at radius 2 is 2.44 bits per heavy atom. The van der Waals surface area contributed by atoms with Gasteiger partial charge in [0.25, 0.3) is 5.91 Å². The van der Waals surface area contributed by atoms with Crippen molar-refractivity contribution in [3.63, 3.8) is 0 Å². The Kier molecular flexibility index (Phi) is 5.52. The van der Waals surface area contributed by atoms with Gasteiger partial charge in [0.1, 0.15) is 5.69 Å². The van der Waals surface area contributed by atoms with Crippen molar-refractivity contribution in [3.05, 3.63) is 18.0 Å². The molecule has 0 aliphatic carbocycles. The fourth-order valence-corrected chi connectivity index (χ4v) is 1.17. The number of nitrogens with one attached hydrogen (secondary N) is 1. The maximum atomic E-state index is 11.5. The van der Waals surface area contributed by atoms with Crippen LogP contribution in [0, 0.1) is 0 Å². The van der Waals surface area contributed by atoms with Crippen LogP contribution in [-0.2, 0) is 11.8 Å². The first-order chi connectivity index (χ1) is 7.74. The van der Waals surface area contributed by atoms with Gasteiger partial charge in [0.15, 0.2) is 0 Å². The molecule has 1 aromatic heterocycles. The Hall–Kier alpha value is -1.40. The van der Waals surface area contributed by atoms with Gasteiger partial charge < -0.3 is 15.2 Å². The number of aliphatic hydroxyl groups is 1. The third-order valence-electron chi connectivity index (χ3n) is 1.93. The lowest BCUT2D eigenvalue weighted by Crippen LogP contribution is -2.25. The van der Waals surface area contributed by atoms with Gasteiger partial charge in [-0.25, -0.2) is 0 Å². The number of aryl methyl sites for hydroxylation is 1. The number of aliphatic hydroxyl groups excluding tert-OH is 1. The van der Waals surface area contributed by atoms with Gasteiger partial charge in [-0.2, -0.15) is 5.10 Å². The average molecular weight is 227 g/mol. The molecule has 0 fully saturated rings. The number of amides is 1. The molecule has 90 valence electrons. The van der Waals surface area contributed by atoms with Crippen LogP contribution in [0.3, 0.4) is 0 Å². The molecule has 1 rings (SSSR count). The lowest BCUT2D eigenvalue weighted by Gasteiger charge is -2.03. The minimum absolute atomic E-state index is 0.0281. The molecular weight excluding hydrogens is 210 g/mol. The van der Waals surface area contributed by atoms with Crippen LogP contribution >= 0.6 is 0 Å². The van der Waals surface area contributed by atoms with Gasteiger partial charge in [-0.1, -0.05) is 0 Å². The molecule has 6 heteroatoms. The molecule has 2 N–H and O–H groups in total. The van der Waals surface area contributed by atoms with Crippen molar-refractivity contribution < 1.29 is 14.6 Å². The first-order valence-electron chi connectivity index (χ1n) is 5.20. The average Bonchev–Trinajstić information content (AvgIpc) is 2.70. The Labute approximate surface area is 94.2 Å². The van der Waals surface area contributed by atoms with Crippen molar-refractivity contribution in [3.8, 4) is 0 Å². The number of nitrogens with zero attached hydrogens (tertiary/aromatic N) is 2. The monoisotopic (exact) mass is 227 g/mol. The van der Waals surface area contributed by atoms with Crippen LogP contribution < -0.4 is 5.32 Å². The van der Waals surface area contributed by atoms with E-state index in [9.17, 15) is 4.79 Å². The van der Waals surface area contributed by atoms with E-state index in [0.29, 0.717) is 25.5 Å². The van der Waals surface area contributed by atoms with E-state index in [2.05, 4.69) is 10.4 Å². The maximum absolute atomic E-state index is 11.5. The smallest absolute Gasteiger partial charge is 0.271 e. The number of hydrogen-bond donors (Lipinski definition) is 2. The Balaban J connectivity index is 2.11.